The predicted octanol–water partition coefficient (Wildman–Crippen LogP) is 2.58. The highest BCUT2D eigenvalue weighted by molar-refractivity contribution is 6.31. The second-order valence-electron chi connectivity index (χ2n) is 2.32. The topological polar surface area (TPSA) is 0 Å². The van der Waals surface area contributed by atoms with Crippen LogP contribution in [0.4, 0.5) is 0 Å². The SMILES string of the molecule is C=Cc1ccccc1.C[SiH2]C. The molecule has 0 aromatic heterocycles. The molecule has 0 aliphatic rings. The molecule has 1 aromatic carbocycles. The maximum atomic E-state index is 3.63. The molecular formula is C10H16Si. The zero-order chi connectivity index (χ0) is 8.53. The zero-order valence-electron chi connectivity index (χ0n) is 7.38. The van der Waals surface area contributed by atoms with E-state index in [4.69, 9.17) is 0 Å². The summed E-state index contributed by atoms with van der Waals surface area (Å²) >= 11 is 0. The highest BCUT2D eigenvalue weighted by Crippen LogP contribution is 1.97. The third-order valence-corrected chi connectivity index (χ3v) is 1.04. The van der Waals surface area contributed by atoms with Crippen molar-refractivity contribution >= 4 is 15.6 Å². The van der Waals surface area contributed by atoms with Gasteiger partial charge in [0.05, 0.1) is 0 Å². The molecule has 0 nitrogen and oxygen atoms in total. The van der Waals surface area contributed by atoms with Gasteiger partial charge in [-0.05, 0) is 5.56 Å². The van der Waals surface area contributed by atoms with Crippen LogP contribution in [0.1, 0.15) is 5.56 Å². The first-order valence-electron chi connectivity index (χ1n) is 4.02. The van der Waals surface area contributed by atoms with Crippen LogP contribution in [0.2, 0.25) is 13.1 Å². The number of hydrogen-bond acceptors (Lipinski definition) is 0. The van der Waals surface area contributed by atoms with Gasteiger partial charge in [-0.25, -0.2) is 0 Å². The molecule has 1 heteroatoms. The van der Waals surface area contributed by atoms with Gasteiger partial charge in [0.2, 0.25) is 0 Å². The molecule has 0 N–H and O–H groups in total. The van der Waals surface area contributed by atoms with Gasteiger partial charge in [-0.1, -0.05) is 56.1 Å². The molecule has 0 fully saturated rings. The van der Waals surface area contributed by atoms with Gasteiger partial charge in [-0.15, -0.1) is 0 Å². The average Bonchev–Trinajstić information content (AvgIpc) is 2.08. The number of rotatable bonds is 1. The Kier molecular flexibility index (Phi) is 6.74. The first-order chi connectivity index (χ1) is 5.35. The van der Waals surface area contributed by atoms with E-state index in [0.717, 1.165) is 0 Å². The van der Waals surface area contributed by atoms with Crippen molar-refractivity contribution in [2.75, 3.05) is 0 Å². The van der Waals surface area contributed by atoms with Crippen LogP contribution in [0.15, 0.2) is 36.9 Å². The molecule has 0 amide bonds. The summed E-state index contributed by atoms with van der Waals surface area (Å²) < 4.78 is 0. The molecule has 0 saturated heterocycles. The highest BCUT2D eigenvalue weighted by Gasteiger charge is 1.75. The molecule has 0 saturated carbocycles. The van der Waals surface area contributed by atoms with Gasteiger partial charge in [-0.2, -0.15) is 0 Å². The lowest BCUT2D eigenvalue weighted by Gasteiger charge is -1.85. The Labute approximate surface area is 71.8 Å². The van der Waals surface area contributed by atoms with Crippen LogP contribution >= 0.6 is 0 Å². The number of benzene rings is 1. The molecule has 11 heavy (non-hydrogen) atoms. The molecular weight excluding hydrogens is 148 g/mol. The first-order valence-corrected chi connectivity index (χ1v) is 6.85. The zero-order valence-corrected chi connectivity index (χ0v) is 8.79. The van der Waals surface area contributed by atoms with Crippen molar-refractivity contribution in [2.45, 2.75) is 13.1 Å². The molecule has 60 valence electrons. The summed E-state index contributed by atoms with van der Waals surface area (Å²) in [5.74, 6) is 0. The van der Waals surface area contributed by atoms with Gasteiger partial charge < -0.3 is 0 Å². The van der Waals surface area contributed by atoms with Crippen molar-refractivity contribution in [3.8, 4) is 0 Å². The summed E-state index contributed by atoms with van der Waals surface area (Å²) in [6, 6.07) is 10.0. The first kappa shape index (κ1) is 10.2. The second kappa shape index (κ2) is 7.29. The normalized spacial score (nSPS) is 7.82. The van der Waals surface area contributed by atoms with E-state index in [-0.39, 0.29) is 0 Å². The summed E-state index contributed by atoms with van der Waals surface area (Å²) in [7, 11) is 0.417. The van der Waals surface area contributed by atoms with Crippen LogP contribution < -0.4 is 0 Å². The van der Waals surface area contributed by atoms with E-state index in [9.17, 15) is 0 Å². The molecule has 1 rings (SSSR count). The van der Waals surface area contributed by atoms with Crippen molar-refractivity contribution in [2.24, 2.45) is 0 Å². The minimum absolute atomic E-state index is 0.417. The summed E-state index contributed by atoms with van der Waals surface area (Å²) in [6.45, 7) is 8.16. The Bertz CT molecular complexity index is 179. The largest absolute Gasteiger partial charge is 0.0985 e. The fourth-order valence-corrected chi connectivity index (χ4v) is 0.589. The predicted molar refractivity (Wildman–Crippen MR) is 56.8 cm³/mol. The van der Waals surface area contributed by atoms with Crippen LogP contribution in [0.25, 0.3) is 6.08 Å². The van der Waals surface area contributed by atoms with Gasteiger partial charge >= 0.3 is 0 Å². The van der Waals surface area contributed by atoms with E-state index in [1.165, 1.54) is 5.56 Å². The van der Waals surface area contributed by atoms with E-state index in [1.807, 2.05) is 36.4 Å². The van der Waals surface area contributed by atoms with Crippen LogP contribution in [0.3, 0.4) is 0 Å². The maximum Gasteiger partial charge on any atom is 0.0135 e. The molecule has 0 bridgehead atoms. The Morgan fingerprint density at radius 1 is 1.18 bits per heavy atom. The van der Waals surface area contributed by atoms with Crippen molar-refractivity contribution in [3.63, 3.8) is 0 Å². The summed E-state index contributed by atoms with van der Waals surface area (Å²) in [5, 5.41) is 0. The van der Waals surface area contributed by atoms with Crippen molar-refractivity contribution in [3.05, 3.63) is 42.5 Å². The average molecular weight is 164 g/mol. The molecule has 0 aliphatic carbocycles. The Balaban J connectivity index is 0.000000292. The summed E-state index contributed by atoms with van der Waals surface area (Å²) in [4.78, 5) is 0. The molecule has 0 unspecified atom stereocenters. The van der Waals surface area contributed by atoms with Crippen LogP contribution in [-0.4, -0.2) is 9.52 Å². The fourth-order valence-electron chi connectivity index (χ4n) is 0.589. The molecule has 0 aliphatic heterocycles. The smallest absolute Gasteiger partial charge is 0.0135 e. The molecule has 0 spiro atoms. The van der Waals surface area contributed by atoms with Gasteiger partial charge in [0.15, 0.2) is 0 Å². The second-order valence-corrected chi connectivity index (χ2v) is 3.74. The van der Waals surface area contributed by atoms with Crippen molar-refractivity contribution < 1.29 is 0 Å². The minimum atomic E-state index is 0.417. The van der Waals surface area contributed by atoms with Gasteiger partial charge in [0.25, 0.3) is 0 Å². The van der Waals surface area contributed by atoms with Gasteiger partial charge in [0, 0.05) is 9.52 Å². The lowest BCUT2D eigenvalue weighted by atomic mass is 10.2. The Hall–Kier alpha value is -0.823. The van der Waals surface area contributed by atoms with E-state index >= 15 is 0 Å². The monoisotopic (exact) mass is 164 g/mol. The van der Waals surface area contributed by atoms with E-state index in [0.29, 0.717) is 9.52 Å². The Morgan fingerprint density at radius 3 is 1.91 bits per heavy atom. The lowest BCUT2D eigenvalue weighted by molar-refractivity contribution is 1.67. The van der Waals surface area contributed by atoms with E-state index in [2.05, 4.69) is 19.7 Å². The molecule has 1 aromatic rings. The highest BCUT2D eigenvalue weighted by atomic mass is 28.2. The van der Waals surface area contributed by atoms with E-state index < -0.39 is 0 Å². The third-order valence-electron chi connectivity index (χ3n) is 1.04. The van der Waals surface area contributed by atoms with E-state index in [1.54, 1.807) is 0 Å². The Morgan fingerprint density at radius 2 is 1.64 bits per heavy atom. The minimum Gasteiger partial charge on any atom is -0.0985 e. The van der Waals surface area contributed by atoms with Crippen LogP contribution in [0, 0.1) is 0 Å². The number of hydrogen-bond donors (Lipinski definition) is 0. The fraction of sp³-hybridized carbons (Fsp3) is 0.200. The van der Waals surface area contributed by atoms with Gasteiger partial charge in [-0.3, -0.25) is 0 Å². The van der Waals surface area contributed by atoms with Crippen molar-refractivity contribution in [1.82, 2.24) is 0 Å². The van der Waals surface area contributed by atoms with Crippen LogP contribution in [-0.2, 0) is 0 Å². The summed E-state index contributed by atoms with van der Waals surface area (Å²) in [6.07, 6.45) is 1.83. The quantitative estimate of drug-likeness (QED) is 0.560. The van der Waals surface area contributed by atoms with Crippen molar-refractivity contribution in [1.29, 1.82) is 0 Å². The van der Waals surface area contributed by atoms with Gasteiger partial charge in [0.1, 0.15) is 0 Å². The molecule has 0 radical (unpaired) electrons. The summed E-state index contributed by atoms with van der Waals surface area (Å²) in [5.41, 5.74) is 1.17. The molecule has 0 heterocycles. The lowest BCUT2D eigenvalue weighted by Crippen LogP contribution is -1.63. The maximum absolute atomic E-state index is 3.63. The van der Waals surface area contributed by atoms with Crippen LogP contribution in [0.5, 0.6) is 0 Å². The third kappa shape index (κ3) is 5.61. The standard InChI is InChI=1S/C8H8.C2H8Si/c1-2-8-6-4-3-5-7-8;1-3-2/h2-7H,1H2;3H2,1-2H3. The molecule has 0 atom stereocenters.